The molecule has 1 rings (SSSR count). The summed E-state index contributed by atoms with van der Waals surface area (Å²) in [6.07, 6.45) is 3.72. The summed E-state index contributed by atoms with van der Waals surface area (Å²) in [7, 11) is 2.01. The monoisotopic (exact) mass is 297 g/mol. The molecule has 5 heteroatoms. The van der Waals surface area contributed by atoms with E-state index in [-0.39, 0.29) is 18.1 Å². The first-order chi connectivity index (χ1) is 9.93. The molecule has 1 saturated heterocycles. The van der Waals surface area contributed by atoms with E-state index in [0.717, 1.165) is 39.0 Å². The van der Waals surface area contributed by atoms with Crippen molar-refractivity contribution in [1.82, 2.24) is 15.1 Å². The summed E-state index contributed by atoms with van der Waals surface area (Å²) in [6, 6.07) is -0.111. The normalized spacial score (nSPS) is 20.2. The topological polar surface area (TPSA) is 55.8 Å². The highest BCUT2D eigenvalue weighted by Crippen LogP contribution is 2.19. The first-order valence-electron chi connectivity index (χ1n) is 7.93. The molecular formula is C16H31N3O2. The Balaban J connectivity index is 2.30. The smallest absolute Gasteiger partial charge is 0.237 e. The molecule has 1 fully saturated rings. The van der Waals surface area contributed by atoms with E-state index in [9.17, 15) is 9.90 Å². The summed E-state index contributed by atoms with van der Waals surface area (Å²) < 4.78 is 0. The van der Waals surface area contributed by atoms with Crippen LogP contribution in [0, 0.1) is 5.92 Å². The number of carbonyl (C=O) groups is 1. The molecular weight excluding hydrogens is 266 g/mol. The van der Waals surface area contributed by atoms with Crippen LogP contribution in [-0.4, -0.2) is 72.7 Å². The molecule has 0 aromatic rings. The third kappa shape index (κ3) is 6.59. The van der Waals surface area contributed by atoms with Gasteiger partial charge in [0.15, 0.2) is 0 Å². The van der Waals surface area contributed by atoms with Crippen molar-refractivity contribution in [2.45, 2.75) is 38.8 Å². The van der Waals surface area contributed by atoms with Crippen molar-refractivity contribution in [3.8, 4) is 0 Å². The number of nitrogens with zero attached hydrogens (tertiary/aromatic N) is 2. The van der Waals surface area contributed by atoms with E-state index in [4.69, 9.17) is 0 Å². The maximum atomic E-state index is 11.9. The van der Waals surface area contributed by atoms with Gasteiger partial charge in [-0.3, -0.25) is 9.69 Å². The predicted molar refractivity (Wildman–Crippen MR) is 86.1 cm³/mol. The van der Waals surface area contributed by atoms with Crippen molar-refractivity contribution < 1.29 is 9.90 Å². The Kier molecular flexibility index (Phi) is 7.93. The molecule has 1 heterocycles. The SMILES string of the molecule is C=CCNC(=O)[C@@H](C)N(C)CC1CCN(C[C@H](C)O)CC1. The fourth-order valence-corrected chi connectivity index (χ4v) is 2.81. The maximum Gasteiger partial charge on any atom is 0.237 e. The van der Waals surface area contributed by atoms with Crippen molar-refractivity contribution in [1.29, 1.82) is 0 Å². The van der Waals surface area contributed by atoms with E-state index in [1.807, 2.05) is 20.9 Å². The zero-order valence-corrected chi connectivity index (χ0v) is 13.7. The lowest BCUT2D eigenvalue weighted by atomic mass is 9.95. The van der Waals surface area contributed by atoms with Crippen LogP contribution in [0.15, 0.2) is 12.7 Å². The van der Waals surface area contributed by atoms with E-state index < -0.39 is 0 Å². The third-order valence-corrected chi connectivity index (χ3v) is 4.24. The Morgan fingerprint density at radius 2 is 2.10 bits per heavy atom. The van der Waals surface area contributed by atoms with Crippen molar-refractivity contribution in [3.63, 3.8) is 0 Å². The average Bonchev–Trinajstić information content (AvgIpc) is 2.45. The minimum atomic E-state index is -0.252. The molecule has 0 bridgehead atoms. The summed E-state index contributed by atoms with van der Waals surface area (Å²) in [5.41, 5.74) is 0. The molecule has 1 aliphatic rings. The molecule has 2 N–H and O–H groups in total. The van der Waals surface area contributed by atoms with Crippen LogP contribution in [0.4, 0.5) is 0 Å². The van der Waals surface area contributed by atoms with Gasteiger partial charge in [-0.2, -0.15) is 0 Å². The van der Waals surface area contributed by atoms with E-state index in [1.165, 1.54) is 0 Å². The van der Waals surface area contributed by atoms with Gasteiger partial charge in [-0.25, -0.2) is 0 Å². The second-order valence-electron chi connectivity index (χ2n) is 6.24. The van der Waals surface area contributed by atoms with Crippen LogP contribution in [0.25, 0.3) is 0 Å². The molecule has 0 spiro atoms. The molecule has 0 saturated carbocycles. The zero-order valence-electron chi connectivity index (χ0n) is 13.7. The lowest BCUT2D eigenvalue weighted by Crippen LogP contribution is -2.46. The summed E-state index contributed by atoms with van der Waals surface area (Å²) in [5.74, 6) is 0.693. The molecule has 0 unspecified atom stereocenters. The van der Waals surface area contributed by atoms with Gasteiger partial charge >= 0.3 is 0 Å². The molecule has 0 aliphatic carbocycles. The van der Waals surface area contributed by atoms with Crippen LogP contribution < -0.4 is 5.32 Å². The lowest BCUT2D eigenvalue weighted by molar-refractivity contribution is -0.125. The first-order valence-corrected chi connectivity index (χ1v) is 7.93. The van der Waals surface area contributed by atoms with Crippen LogP contribution >= 0.6 is 0 Å². The van der Waals surface area contributed by atoms with E-state index in [2.05, 4.69) is 21.7 Å². The number of likely N-dealkylation sites (tertiary alicyclic amines) is 1. The standard InChI is InChI=1S/C16H31N3O2/c1-5-8-17-16(21)14(3)18(4)12-15-6-9-19(10-7-15)11-13(2)20/h5,13-15,20H,1,6-12H2,2-4H3,(H,17,21)/t13-,14+/m0/s1. The summed E-state index contributed by atoms with van der Waals surface area (Å²) in [6.45, 7) is 11.7. The second kappa shape index (κ2) is 9.18. The Hall–Kier alpha value is -0.910. The van der Waals surface area contributed by atoms with E-state index >= 15 is 0 Å². The molecule has 0 aromatic carbocycles. The lowest BCUT2D eigenvalue weighted by Gasteiger charge is -2.35. The largest absolute Gasteiger partial charge is 0.392 e. The minimum absolute atomic E-state index is 0.0592. The number of hydrogen-bond donors (Lipinski definition) is 2. The second-order valence-corrected chi connectivity index (χ2v) is 6.24. The van der Waals surface area contributed by atoms with Gasteiger partial charge in [-0.15, -0.1) is 6.58 Å². The molecule has 122 valence electrons. The maximum absolute atomic E-state index is 11.9. The van der Waals surface area contributed by atoms with Gasteiger partial charge < -0.3 is 15.3 Å². The molecule has 0 aromatic heterocycles. The van der Waals surface area contributed by atoms with Gasteiger partial charge in [0, 0.05) is 19.6 Å². The highest BCUT2D eigenvalue weighted by Gasteiger charge is 2.24. The number of β-amino-alcohol motifs (C(OH)–C–C–N with tert-alkyl or cyclic N) is 1. The summed E-state index contributed by atoms with van der Waals surface area (Å²) in [4.78, 5) is 16.4. The number of carbonyl (C=O) groups excluding carboxylic acids is 1. The number of nitrogens with one attached hydrogen (secondary N) is 1. The molecule has 5 nitrogen and oxygen atoms in total. The number of aliphatic hydroxyl groups excluding tert-OH is 1. The van der Waals surface area contributed by atoms with Crippen molar-refractivity contribution in [3.05, 3.63) is 12.7 Å². The fraction of sp³-hybridized carbons (Fsp3) is 0.812. The van der Waals surface area contributed by atoms with E-state index in [0.29, 0.717) is 12.5 Å². The number of hydrogen-bond acceptors (Lipinski definition) is 4. The Morgan fingerprint density at radius 3 is 2.62 bits per heavy atom. The van der Waals surface area contributed by atoms with Gasteiger partial charge in [0.05, 0.1) is 12.1 Å². The van der Waals surface area contributed by atoms with Gasteiger partial charge in [0.1, 0.15) is 0 Å². The number of rotatable bonds is 8. The highest BCUT2D eigenvalue weighted by atomic mass is 16.3. The molecule has 1 aliphatic heterocycles. The zero-order chi connectivity index (χ0) is 15.8. The van der Waals surface area contributed by atoms with Crippen LogP contribution in [-0.2, 0) is 4.79 Å². The molecule has 0 radical (unpaired) electrons. The van der Waals surface area contributed by atoms with Crippen LogP contribution in [0.2, 0.25) is 0 Å². The van der Waals surface area contributed by atoms with Gasteiger partial charge in [-0.1, -0.05) is 6.08 Å². The minimum Gasteiger partial charge on any atom is -0.392 e. The number of amides is 1. The van der Waals surface area contributed by atoms with E-state index in [1.54, 1.807) is 6.08 Å². The highest BCUT2D eigenvalue weighted by molar-refractivity contribution is 5.81. The summed E-state index contributed by atoms with van der Waals surface area (Å²) >= 11 is 0. The molecule has 2 atom stereocenters. The van der Waals surface area contributed by atoms with Gasteiger partial charge in [-0.05, 0) is 52.7 Å². The van der Waals surface area contributed by atoms with Crippen LogP contribution in [0.5, 0.6) is 0 Å². The number of piperidine rings is 1. The Labute approximate surface area is 129 Å². The average molecular weight is 297 g/mol. The van der Waals surface area contributed by atoms with Crippen molar-refractivity contribution in [2.75, 3.05) is 39.8 Å². The third-order valence-electron chi connectivity index (χ3n) is 4.24. The molecule has 21 heavy (non-hydrogen) atoms. The van der Waals surface area contributed by atoms with Crippen molar-refractivity contribution in [2.24, 2.45) is 5.92 Å². The first kappa shape index (κ1) is 18.1. The number of aliphatic hydroxyl groups is 1. The predicted octanol–water partition coefficient (Wildman–Crippen LogP) is 0.702. The van der Waals surface area contributed by atoms with Crippen LogP contribution in [0.1, 0.15) is 26.7 Å². The van der Waals surface area contributed by atoms with Gasteiger partial charge in [0.2, 0.25) is 5.91 Å². The van der Waals surface area contributed by atoms with Crippen LogP contribution in [0.3, 0.4) is 0 Å². The van der Waals surface area contributed by atoms with Crippen molar-refractivity contribution >= 4 is 5.91 Å². The van der Waals surface area contributed by atoms with Gasteiger partial charge in [0.25, 0.3) is 0 Å². The Morgan fingerprint density at radius 1 is 1.48 bits per heavy atom. The quantitative estimate of drug-likeness (QED) is 0.648. The number of likely N-dealkylation sites (N-methyl/N-ethyl adjacent to an activating group) is 1. The Bertz CT molecular complexity index is 325. The fourth-order valence-electron chi connectivity index (χ4n) is 2.81. The summed E-state index contributed by atoms with van der Waals surface area (Å²) in [5, 5.41) is 12.3. The molecule has 1 amide bonds.